The van der Waals surface area contributed by atoms with E-state index in [4.69, 9.17) is 0 Å². The third kappa shape index (κ3) is 3.92. The molecule has 1 N–H and O–H groups in total. The Balaban J connectivity index is 4.11. The Bertz CT molecular complexity index is 259. The van der Waals surface area contributed by atoms with E-state index >= 15 is 0 Å². The monoisotopic (exact) mass is 211 g/mol. The standard InChI is InChI=1S/C7H8F3NO3/c1-4(6(13)7(8,9)10)11-3-5(12)14-2/h11H,1,3H2,2H3. The Kier molecular flexibility index (Phi) is 4.13. The quantitative estimate of drug-likeness (QED) is 0.540. The van der Waals surface area contributed by atoms with E-state index in [1.54, 1.807) is 0 Å². The molecule has 0 aromatic rings. The number of hydrogen-bond acceptors (Lipinski definition) is 4. The van der Waals surface area contributed by atoms with Crippen molar-refractivity contribution in [3.63, 3.8) is 0 Å². The number of esters is 1. The van der Waals surface area contributed by atoms with E-state index in [0.29, 0.717) is 0 Å². The Morgan fingerprint density at radius 1 is 1.43 bits per heavy atom. The van der Waals surface area contributed by atoms with Crippen molar-refractivity contribution in [2.75, 3.05) is 13.7 Å². The zero-order valence-electron chi connectivity index (χ0n) is 7.27. The lowest BCUT2D eigenvalue weighted by atomic mass is 10.3. The van der Waals surface area contributed by atoms with Crippen LogP contribution in [0.5, 0.6) is 0 Å². The predicted molar refractivity (Wildman–Crippen MR) is 40.2 cm³/mol. The SMILES string of the molecule is C=C(NCC(=O)OC)C(=O)C(F)(F)F. The fourth-order valence-electron chi connectivity index (χ4n) is 0.502. The van der Waals surface area contributed by atoms with Crippen LogP contribution in [0.25, 0.3) is 0 Å². The topological polar surface area (TPSA) is 55.4 Å². The van der Waals surface area contributed by atoms with E-state index in [1.165, 1.54) is 0 Å². The van der Waals surface area contributed by atoms with Crippen LogP contribution in [0.1, 0.15) is 0 Å². The lowest BCUT2D eigenvalue weighted by molar-refractivity contribution is -0.167. The van der Waals surface area contributed by atoms with Crippen molar-refractivity contribution >= 4 is 11.8 Å². The zero-order valence-corrected chi connectivity index (χ0v) is 7.27. The highest BCUT2D eigenvalue weighted by molar-refractivity contribution is 5.98. The van der Waals surface area contributed by atoms with Gasteiger partial charge in [-0.15, -0.1) is 0 Å². The van der Waals surface area contributed by atoms with Crippen molar-refractivity contribution in [2.24, 2.45) is 0 Å². The van der Waals surface area contributed by atoms with Crippen molar-refractivity contribution < 1.29 is 27.5 Å². The predicted octanol–water partition coefficient (Wildman–Crippen LogP) is 0.394. The van der Waals surface area contributed by atoms with E-state index in [9.17, 15) is 22.8 Å². The molecule has 0 saturated carbocycles. The Morgan fingerprint density at radius 2 is 1.93 bits per heavy atom. The minimum Gasteiger partial charge on any atom is -0.468 e. The number of ether oxygens (including phenoxy) is 1. The van der Waals surface area contributed by atoms with Crippen LogP contribution >= 0.6 is 0 Å². The van der Waals surface area contributed by atoms with Crippen molar-refractivity contribution in [3.05, 3.63) is 12.3 Å². The third-order valence-electron chi connectivity index (χ3n) is 1.21. The molecule has 0 aliphatic rings. The molecular weight excluding hydrogens is 203 g/mol. The number of Topliss-reactive ketones (excluding diaryl/α,β-unsaturated/α-hetero) is 1. The van der Waals surface area contributed by atoms with Crippen molar-refractivity contribution in [3.8, 4) is 0 Å². The molecule has 0 amide bonds. The fourth-order valence-corrected chi connectivity index (χ4v) is 0.502. The number of rotatable bonds is 4. The molecule has 0 unspecified atom stereocenters. The van der Waals surface area contributed by atoms with Gasteiger partial charge in [0.2, 0.25) is 0 Å². The second-order valence-corrected chi connectivity index (χ2v) is 2.24. The van der Waals surface area contributed by atoms with Gasteiger partial charge in [-0.25, -0.2) is 0 Å². The van der Waals surface area contributed by atoms with Gasteiger partial charge in [0.05, 0.1) is 12.8 Å². The average molecular weight is 211 g/mol. The maximum Gasteiger partial charge on any atom is 0.456 e. The molecule has 0 spiro atoms. The lowest BCUT2D eigenvalue weighted by Gasteiger charge is -2.09. The molecule has 0 aliphatic carbocycles. The summed E-state index contributed by atoms with van der Waals surface area (Å²) in [5, 5.41) is 1.90. The fraction of sp³-hybridized carbons (Fsp3) is 0.429. The van der Waals surface area contributed by atoms with Crippen molar-refractivity contribution in [2.45, 2.75) is 6.18 Å². The van der Waals surface area contributed by atoms with Gasteiger partial charge in [-0.3, -0.25) is 9.59 Å². The summed E-state index contributed by atoms with van der Waals surface area (Å²) >= 11 is 0. The molecular formula is C7H8F3NO3. The van der Waals surface area contributed by atoms with Gasteiger partial charge in [0.25, 0.3) is 5.78 Å². The van der Waals surface area contributed by atoms with E-state index in [1.807, 2.05) is 5.32 Å². The van der Waals surface area contributed by atoms with Crippen LogP contribution in [0.3, 0.4) is 0 Å². The van der Waals surface area contributed by atoms with Gasteiger partial charge in [-0.2, -0.15) is 13.2 Å². The number of carbonyl (C=O) groups excluding carboxylic acids is 2. The Morgan fingerprint density at radius 3 is 2.29 bits per heavy atom. The first-order chi connectivity index (χ1) is 6.29. The summed E-state index contributed by atoms with van der Waals surface area (Å²) in [7, 11) is 1.07. The molecule has 80 valence electrons. The number of alkyl halides is 3. The van der Waals surface area contributed by atoms with Crippen LogP contribution < -0.4 is 5.32 Å². The lowest BCUT2D eigenvalue weighted by Crippen LogP contribution is -2.33. The minimum atomic E-state index is -4.99. The largest absolute Gasteiger partial charge is 0.468 e. The molecule has 0 heterocycles. The van der Waals surface area contributed by atoms with Crippen LogP contribution in [0, 0.1) is 0 Å². The van der Waals surface area contributed by atoms with Gasteiger partial charge in [-0.05, 0) is 0 Å². The van der Waals surface area contributed by atoms with Crippen LogP contribution in [-0.4, -0.2) is 31.6 Å². The number of halogens is 3. The smallest absolute Gasteiger partial charge is 0.456 e. The van der Waals surface area contributed by atoms with Crippen LogP contribution in [0.15, 0.2) is 12.3 Å². The van der Waals surface area contributed by atoms with Crippen molar-refractivity contribution in [1.82, 2.24) is 5.32 Å². The number of carbonyl (C=O) groups is 2. The molecule has 0 radical (unpaired) electrons. The summed E-state index contributed by atoms with van der Waals surface area (Å²) in [6, 6.07) is 0. The van der Waals surface area contributed by atoms with Gasteiger partial charge in [0, 0.05) is 0 Å². The Labute approximate surface area is 77.7 Å². The van der Waals surface area contributed by atoms with Crippen LogP contribution in [-0.2, 0) is 14.3 Å². The van der Waals surface area contributed by atoms with E-state index in [0.717, 1.165) is 7.11 Å². The second kappa shape index (κ2) is 4.64. The molecule has 0 saturated heterocycles. The highest BCUT2D eigenvalue weighted by Crippen LogP contribution is 2.18. The van der Waals surface area contributed by atoms with Gasteiger partial charge in [-0.1, -0.05) is 6.58 Å². The van der Waals surface area contributed by atoms with Crippen molar-refractivity contribution in [1.29, 1.82) is 0 Å². The van der Waals surface area contributed by atoms with Gasteiger partial charge in [0.1, 0.15) is 6.54 Å². The molecule has 0 aromatic carbocycles. The number of allylic oxidation sites excluding steroid dienone is 1. The number of nitrogens with one attached hydrogen (secondary N) is 1. The van der Waals surface area contributed by atoms with Gasteiger partial charge >= 0.3 is 12.1 Å². The first kappa shape index (κ1) is 12.5. The molecule has 0 aliphatic heterocycles. The first-order valence-electron chi connectivity index (χ1n) is 3.40. The summed E-state index contributed by atoms with van der Waals surface area (Å²) in [5.41, 5.74) is -0.886. The average Bonchev–Trinajstić information content (AvgIpc) is 2.10. The van der Waals surface area contributed by atoms with Gasteiger partial charge < -0.3 is 10.1 Å². The van der Waals surface area contributed by atoms with E-state index in [-0.39, 0.29) is 0 Å². The maximum atomic E-state index is 11.7. The second-order valence-electron chi connectivity index (χ2n) is 2.24. The molecule has 14 heavy (non-hydrogen) atoms. The van der Waals surface area contributed by atoms with E-state index in [2.05, 4.69) is 11.3 Å². The summed E-state index contributed by atoms with van der Waals surface area (Å²) in [4.78, 5) is 20.9. The minimum absolute atomic E-state index is 0.531. The number of hydrogen-bond donors (Lipinski definition) is 1. The summed E-state index contributed by atoms with van der Waals surface area (Å²) < 4.78 is 39.3. The molecule has 7 heteroatoms. The summed E-state index contributed by atoms with van der Waals surface area (Å²) in [6.45, 7) is 2.31. The molecule has 0 atom stereocenters. The molecule has 0 bridgehead atoms. The van der Waals surface area contributed by atoms with E-state index < -0.39 is 30.2 Å². The number of methoxy groups -OCH3 is 1. The molecule has 0 fully saturated rings. The summed E-state index contributed by atoms with van der Waals surface area (Å²) in [6.07, 6.45) is -4.99. The summed E-state index contributed by atoms with van der Waals surface area (Å²) in [5.74, 6) is -2.90. The number of ketones is 1. The molecule has 0 aromatic heterocycles. The normalized spacial score (nSPS) is 10.6. The van der Waals surface area contributed by atoms with Crippen LogP contribution in [0.4, 0.5) is 13.2 Å². The maximum absolute atomic E-state index is 11.7. The van der Waals surface area contributed by atoms with Gasteiger partial charge in [0.15, 0.2) is 0 Å². The highest BCUT2D eigenvalue weighted by atomic mass is 19.4. The first-order valence-corrected chi connectivity index (χ1v) is 3.40. The molecule has 4 nitrogen and oxygen atoms in total. The Hall–Kier alpha value is -1.53. The molecule has 0 rings (SSSR count). The zero-order chi connectivity index (χ0) is 11.4. The third-order valence-corrected chi connectivity index (χ3v) is 1.21. The highest BCUT2D eigenvalue weighted by Gasteiger charge is 2.40. The van der Waals surface area contributed by atoms with Crippen LogP contribution in [0.2, 0.25) is 0 Å².